The van der Waals surface area contributed by atoms with E-state index < -0.39 is 0 Å². The molecule has 2 nitrogen and oxygen atoms in total. The number of anilines is 3. The van der Waals surface area contributed by atoms with Crippen molar-refractivity contribution in [3.05, 3.63) is 139 Å². The third kappa shape index (κ3) is 3.66. The molecule has 7 rings (SSSR count). The van der Waals surface area contributed by atoms with E-state index in [4.69, 9.17) is 4.42 Å². The van der Waals surface area contributed by atoms with Crippen LogP contribution in [0.3, 0.4) is 0 Å². The smallest absolute Gasteiger partial charge is 0.138 e. The lowest BCUT2D eigenvalue weighted by Gasteiger charge is -2.27. The number of benzene rings is 6. The van der Waals surface area contributed by atoms with Crippen LogP contribution in [-0.4, -0.2) is 0 Å². The first kappa shape index (κ1) is 21.5. The van der Waals surface area contributed by atoms with Crippen molar-refractivity contribution >= 4 is 49.6 Å². The number of hydrogen-bond donors (Lipinski definition) is 0. The highest BCUT2D eigenvalue weighted by Gasteiger charge is 2.18. The molecular formula is C35H25NO. The van der Waals surface area contributed by atoms with Crippen LogP contribution in [-0.2, 0) is 0 Å². The molecule has 0 spiro atoms. The van der Waals surface area contributed by atoms with Crippen LogP contribution in [0.1, 0.15) is 5.56 Å². The Morgan fingerprint density at radius 3 is 2.05 bits per heavy atom. The summed E-state index contributed by atoms with van der Waals surface area (Å²) in [6.45, 7) is 2.14. The fourth-order valence-electron chi connectivity index (χ4n) is 5.38. The Labute approximate surface area is 216 Å². The molecule has 0 unspecified atom stereocenters. The van der Waals surface area contributed by atoms with E-state index in [1.165, 1.54) is 21.5 Å². The minimum Gasteiger partial charge on any atom is -0.456 e. The normalized spacial score (nSPS) is 11.4. The van der Waals surface area contributed by atoms with Crippen molar-refractivity contribution in [2.24, 2.45) is 0 Å². The van der Waals surface area contributed by atoms with Crippen molar-refractivity contribution in [1.82, 2.24) is 0 Å². The molecule has 7 aromatic rings. The number of fused-ring (bicyclic) bond motifs is 3. The summed E-state index contributed by atoms with van der Waals surface area (Å²) in [5.74, 6) is 0.916. The van der Waals surface area contributed by atoms with Crippen LogP contribution in [0.25, 0.3) is 43.8 Å². The first-order valence-corrected chi connectivity index (χ1v) is 12.6. The average Bonchev–Trinajstić information content (AvgIpc) is 3.30. The zero-order valence-electron chi connectivity index (χ0n) is 20.6. The first-order valence-electron chi connectivity index (χ1n) is 12.6. The van der Waals surface area contributed by atoms with E-state index in [1.54, 1.807) is 0 Å². The highest BCUT2D eigenvalue weighted by Crippen LogP contribution is 2.42. The molecular weight excluding hydrogens is 450 g/mol. The van der Waals surface area contributed by atoms with E-state index in [9.17, 15) is 0 Å². The molecule has 37 heavy (non-hydrogen) atoms. The fraction of sp³-hybridized carbons (Fsp3) is 0.0286. The molecule has 0 N–H and O–H groups in total. The van der Waals surface area contributed by atoms with E-state index in [1.807, 2.05) is 12.1 Å². The van der Waals surface area contributed by atoms with Crippen molar-refractivity contribution in [2.45, 2.75) is 6.92 Å². The molecule has 1 heterocycles. The quantitative estimate of drug-likeness (QED) is 0.252. The second-order valence-corrected chi connectivity index (χ2v) is 9.47. The lowest BCUT2D eigenvalue weighted by molar-refractivity contribution is 0.629. The fourth-order valence-corrected chi connectivity index (χ4v) is 5.38. The van der Waals surface area contributed by atoms with Gasteiger partial charge in [-0.15, -0.1) is 0 Å². The number of furan rings is 1. The van der Waals surface area contributed by atoms with Crippen molar-refractivity contribution in [3.8, 4) is 11.3 Å². The van der Waals surface area contributed by atoms with Crippen LogP contribution in [0.4, 0.5) is 17.1 Å². The summed E-state index contributed by atoms with van der Waals surface area (Å²) >= 11 is 0. The van der Waals surface area contributed by atoms with E-state index >= 15 is 0 Å². The zero-order chi connectivity index (χ0) is 24.8. The van der Waals surface area contributed by atoms with Crippen LogP contribution in [0.15, 0.2) is 138 Å². The summed E-state index contributed by atoms with van der Waals surface area (Å²) < 4.78 is 6.34. The topological polar surface area (TPSA) is 16.4 Å². The molecule has 0 aliphatic heterocycles. The van der Waals surface area contributed by atoms with E-state index in [-0.39, 0.29) is 0 Å². The Bertz CT molecular complexity index is 1910. The molecule has 6 aromatic carbocycles. The number of hydrogen-bond acceptors (Lipinski definition) is 2. The van der Waals surface area contributed by atoms with E-state index in [2.05, 4.69) is 133 Å². The Morgan fingerprint density at radius 2 is 1.19 bits per heavy atom. The number of nitrogens with zero attached hydrogens (tertiary/aromatic N) is 1. The van der Waals surface area contributed by atoms with E-state index in [0.29, 0.717) is 0 Å². The summed E-state index contributed by atoms with van der Waals surface area (Å²) in [5, 5.41) is 6.03. The molecule has 2 heteroatoms. The molecule has 0 amide bonds. The predicted molar refractivity (Wildman–Crippen MR) is 156 cm³/mol. The molecule has 0 fully saturated rings. The van der Waals surface area contributed by atoms with Gasteiger partial charge in [-0.3, -0.25) is 0 Å². The summed E-state index contributed by atoms with van der Waals surface area (Å²) in [6.07, 6.45) is 0. The second kappa shape index (κ2) is 8.69. The van der Waals surface area contributed by atoms with Gasteiger partial charge in [0, 0.05) is 33.3 Å². The van der Waals surface area contributed by atoms with Crippen molar-refractivity contribution < 1.29 is 4.42 Å². The minimum atomic E-state index is 0.916. The summed E-state index contributed by atoms with van der Waals surface area (Å²) in [4.78, 5) is 2.36. The molecule has 0 saturated heterocycles. The number of aryl methyl sites for hydroxylation is 1. The van der Waals surface area contributed by atoms with Gasteiger partial charge in [-0.25, -0.2) is 0 Å². The van der Waals surface area contributed by atoms with Gasteiger partial charge in [0.2, 0.25) is 0 Å². The average molecular weight is 476 g/mol. The van der Waals surface area contributed by atoms with Gasteiger partial charge in [0.15, 0.2) is 0 Å². The monoisotopic (exact) mass is 475 g/mol. The number of rotatable bonds is 4. The van der Waals surface area contributed by atoms with E-state index in [0.717, 1.165) is 44.9 Å². The Kier molecular flexibility index (Phi) is 5.04. The maximum absolute atomic E-state index is 6.34. The molecule has 0 bridgehead atoms. The third-order valence-electron chi connectivity index (χ3n) is 7.21. The van der Waals surface area contributed by atoms with Crippen LogP contribution in [0.2, 0.25) is 0 Å². The number of para-hydroxylation sites is 1. The molecule has 0 saturated carbocycles. The molecule has 0 aliphatic carbocycles. The lowest BCUT2D eigenvalue weighted by atomic mass is 10.0. The van der Waals surface area contributed by atoms with Gasteiger partial charge in [-0.2, -0.15) is 0 Å². The van der Waals surface area contributed by atoms with Gasteiger partial charge >= 0.3 is 0 Å². The van der Waals surface area contributed by atoms with Crippen LogP contribution in [0.5, 0.6) is 0 Å². The van der Waals surface area contributed by atoms with Gasteiger partial charge in [0.25, 0.3) is 0 Å². The molecule has 0 aliphatic rings. The van der Waals surface area contributed by atoms with Crippen molar-refractivity contribution in [3.63, 3.8) is 0 Å². The van der Waals surface area contributed by atoms with Gasteiger partial charge in [0.1, 0.15) is 11.3 Å². The van der Waals surface area contributed by atoms with Gasteiger partial charge in [0.05, 0.1) is 5.69 Å². The molecule has 0 radical (unpaired) electrons. The minimum absolute atomic E-state index is 0.916. The van der Waals surface area contributed by atoms with Crippen molar-refractivity contribution in [1.29, 1.82) is 0 Å². The van der Waals surface area contributed by atoms with Gasteiger partial charge < -0.3 is 9.32 Å². The lowest BCUT2D eigenvalue weighted by Crippen LogP contribution is -2.10. The molecule has 176 valence electrons. The van der Waals surface area contributed by atoms with Crippen molar-refractivity contribution in [2.75, 3.05) is 4.90 Å². The Hall–Kier alpha value is -4.82. The van der Waals surface area contributed by atoms with Crippen LogP contribution < -0.4 is 4.90 Å². The maximum Gasteiger partial charge on any atom is 0.138 e. The van der Waals surface area contributed by atoms with Crippen LogP contribution >= 0.6 is 0 Å². The highest BCUT2D eigenvalue weighted by molar-refractivity contribution is 6.00. The first-order chi connectivity index (χ1) is 18.3. The predicted octanol–water partition coefficient (Wildman–Crippen LogP) is 10.2. The van der Waals surface area contributed by atoms with Crippen LogP contribution in [0, 0.1) is 6.92 Å². The largest absolute Gasteiger partial charge is 0.456 e. The Morgan fingerprint density at radius 1 is 0.514 bits per heavy atom. The zero-order valence-corrected chi connectivity index (χ0v) is 20.6. The van der Waals surface area contributed by atoms with Gasteiger partial charge in [-0.1, -0.05) is 97.1 Å². The van der Waals surface area contributed by atoms with Gasteiger partial charge in [-0.05, 0) is 59.5 Å². The SMILES string of the molecule is Cc1c(-c2cccc(N(c3ccc4ccccc4c3)c3cccc4ccccc34)c2)oc2ccccc12. The summed E-state index contributed by atoms with van der Waals surface area (Å²) in [6, 6.07) is 47.2. The second-order valence-electron chi connectivity index (χ2n) is 9.47. The standard InChI is InChI=1S/C35H25NO/c1-24-31-16-6-7-19-34(31)37-35(24)28-14-8-15-29(23-28)36(30-21-20-25-10-2-3-12-27(25)22-30)33-18-9-13-26-11-4-5-17-32(26)33/h2-23H,1H3. The summed E-state index contributed by atoms with van der Waals surface area (Å²) in [5.41, 5.74) is 6.50. The summed E-state index contributed by atoms with van der Waals surface area (Å²) in [7, 11) is 0. The molecule has 0 atom stereocenters. The Balaban J connectivity index is 1.46. The third-order valence-corrected chi connectivity index (χ3v) is 7.21. The molecule has 1 aromatic heterocycles. The maximum atomic E-state index is 6.34. The highest BCUT2D eigenvalue weighted by atomic mass is 16.3.